The molecular weight excluding hydrogens is 304 g/mol. The SMILES string of the molecule is CCc1cnc(CN(C)C(=O)NC(C)c2csc(C)n2)s1. The van der Waals surface area contributed by atoms with Gasteiger partial charge in [0, 0.05) is 23.5 Å². The Hall–Kier alpha value is -1.47. The molecule has 0 aliphatic heterocycles. The number of aromatic nitrogens is 2. The van der Waals surface area contributed by atoms with Crippen LogP contribution in [0.4, 0.5) is 4.79 Å². The highest BCUT2D eigenvalue weighted by atomic mass is 32.1. The van der Waals surface area contributed by atoms with Crippen LogP contribution in [-0.4, -0.2) is 27.9 Å². The number of nitrogens with zero attached hydrogens (tertiary/aromatic N) is 3. The fraction of sp³-hybridized carbons (Fsp3) is 0.500. The van der Waals surface area contributed by atoms with Crippen molar-refractivity contribution in [3.63, 3.8) is 0 Å². The van der Waals surface area contributed by atoms with Gasteiger partial charge >= 0.3 is 6.03 Å². The molecule has 1 atom stereocenters. The van der Waals surface area contributed by atoms with Gasteiger partial charge < -0.3 is 10.2 Å². The zero-order valence-electron chi connectivity index (χ0n) is 12.7. The molecule has 2 amide bonds. The standard InChI is InChI=1S/C14H20N4OS2/c1-5-11-6-15-13(21-11)7-18(4)14(19)16-9(2)12-8-20-10(3)17-12/h6,8-9H,5,7H2,1-4H3,(H,16,19). The average Bonchev–Trinajstić information content (AvgIpc) is 3.07. The van der Waals surface area contributed by atoms with E-state index in [0.29, 0.717) is 6.54 Å². The summed E-state index contributed by atoms with van der Waals surface area (Å²) in [7, 11) is 1.78. The molecule has 0 saturated carbocycles. The van der Waals surface area contributed by atoms with Gasteiger partial charge in [0.2, 0.25) is 0 Å². The minimum atomic E-state index is -0.110. The molecular formula is C14H20N4OS2. The molecule has 0 saturated heterocycles. The van der Waals surface area contributed by atoms with E-state index in [0.717, 1.165) is 22.1 Å². The molecule has 0 radical (unpaired) electrons. The highest BCUT2D eigenvalue weighted by molar-refractivity contribution is 7.11. The third-order valence-corrected chi connectivity index (χ3v) is 5.01. The summed E-state index contributed by atoms with van der Waals surface area (Å²) in [5.74, 6) is 0. The molecule has 1 unspecified atom stereocenters. The van der Waals surface area contributed by atoms with Crippen LogP contribution < -0.4 is 5.32 Å². The van der Waals surface area contributed by atoms with Gasteiger partial charge in [-0.3, -0.25) is 0 Å². The van der Waals surface area contributed by atoms with E-state index in [2.05, 4.69) is 22.2 Å². The zero-order valence-corrected chi connectivity index (χ0v) is 14.3. The first-order valence-corrected chi connectivity index (χ1v) is 8.56. The number of carbonyl (C=O) groups excluding carboxylic acids is 1. The lowest BCUT2D eigenvalue weighted by Crippen LogP contribution is -2.38. The molecule has 0 spiro atoms. The van der Waals surface area contributed by atoms with E-state index in [-0.39, 0.29) is 12.1 Å². The van der Waals surface area contributed by atoms with Gasteiger partial charge in [0.1, 0.15) is 5.01 Å². The van der Waals surface area contributed by atoms with Crippen molar-refractivity contribution in [1.29, 1.82) is 0 Å². The molecule has 2 aromatic rings. The molecule has 2 aromatic heterocycles. The van der Waals surface area contributed by atoms with E-state index in [4.69, 9.17) is 0 Å². The summed E-state index contributed by atoms with van der Waals surface area (Å²) in [6.07, 6.45) is 2.86. The lowest BCUT2D eigenvalue weighted by Gasteiger charge is -2.19. The molecule has 0 aliphatic rings. The Balaban J connectivity index is 1.90. The normalized spacial score (nSPS) is 12.2. The van der Waals surface area contributed by atoms with Crippen LogP contribution in [0.3, 0.4) is 0 Å². The van der Waals surface area contributed by atoms with Crippen molar-refractivity contribution in [3.8, 4) is 0 Å². The molecule has 114 valence electrons. The first-order valence-electron chi connectivity index (χ1n) is 6.86. The summed E-state index contributed by atoms with van der Waals surface area (Å²) in [4.78, 5) is 23.8. The Kier molecular flexibility index (Phi) is 5.30. The van der Waals surface area contributed by atoms with Gasteiger partial charge in [-0.2, -0.15) is 0 Å². The van der Waals surface area contributed by atoms with Gasteiger partial charge in [-0.1, -0.05) is 6.92 Å². The molecule has 0 aliphatic carbocycles. The molecule has 0 fully saturated rings. The van der Waals surface area contributed by atoms with Crippen molar-refractivity contribution in [3.05, 3.63) is 32.2 Å². The maximum atomic E-state index is 12.2. The van der Waals surface area contributed by atoms with Crippen LogP contribution in [0.1, 0.15) is 40.5 Å². The number of rotatable bonds is 5. The van der Waals surface area contributed by atoms with Crippen LogP contribution in [0.2, 0.25) is 0 Å². The summed E-state index contributed by atoms with van der Waals surface area (Å²) in [5.41, 5.74) is 0.904. The number of nitrogens with one attached hydrogen (secondary N) is 1. The second-order valence-electron chi connectivity index (χ2n) is 4.89. The van der Waals surface area contributed by atoms with Crippen LogP contribution in [0.15, 0.2) is 11.6 Å². The third-order valence-electron chi connectivity index (χ3n) is 3.09. The number of carbonyl (C=O) groups is 1. The van der Waals surface area contributed by atoms with Crippen molar-refractivity contribution < 1.29 is 4.79 Å². The summed E-state index contributed by atoms with van der Waals surface area (Å²) in [5, 5.41) is 6.91. The lowest BCUT2D eigenvalue weighted by molar-refractivity contribution is 0.203. The molecule has 1 N–H and O–H groups in total. The maximum absolute atomic E-state index is 12.2. The van der Waals surface area contributed by atoms with Gasteiger partial charge in [-0.25, -0.2) is 14.8 Å². The topological polar surface area (TPSA) is 58.1 Å². The van der Waals surface area contributed by atoms with E-state index in [9.17, 15) is 4.79 Å². The Morgan fingerprint density at radius 1 is 1.52 bits per heavy atom. The van der Waals surface area contributed by atoms with Crippen LogP contribution in [0.5, 0.6) is 0 Å². The van der Waals surface area contributed by atoms with Gasteiger partial charge in [-0.05, 0) is 20.3 Å². The molecule has 0 aromatic carbocycles. The minimum Gasteiger partial charge on any atom is -0.330 e. The highest BCUT2D eigenvalue weighted by Crippen LogP contribution is 2.17. The highest BCUT2D eigenvalue weighted by Gasteiger charge is 2.16. The maximum Gasteiger partial charge on any atom is 0.318 e. The number of hydrogen-bond donors (Lipinski definition) is 1. The van der Waals surface area contributed by atoms with E-state index >= 15 is 0 Å². The Bertz CT molecular complexity index is 608. The van der Waals surface area contributed by atoms with Crippen molar-refractivity contribution in [2.75, 3.05) is 7.05 Å². The summed E-state index contributed by atoms with van der Waals surface area (Å²) >= 11 is 3.25. The molecule has 5 nitrogen and oxygen atoms in total. The van der Waals surface area contributed by atoms with Gasteiger partial charge in [-0.15, -0.1) is 22.7 Å². The Morgan fingerprint density at radius 3 is 2.86 bits per heavy atom. The van der Waals surface area contributed by atoms with E-state index in [1.54, 1.807) is 34.6 Å². The summed E-state index contributed by atoms with van der Waals surface area (Å²) < 4.78 is 0. The number of thiazole rings is 2. The van der Waals surface area contributed by atoms with Crippen LogP contribution >= 0.6 is 22.7 Å². The van der Waals surface area contributed by atoms with Gasteiger partial charge in [0.05, 0.1) is 23.3 Å². The second-order valence-corrected chi connectivity index (χ2v) is 7.15. The van der Waals surface area contributed by atoms with Crippen molar-refractivity contribution in [2.45, 2.75) is 39.8 Å². The van der Waals surface area contributed by atoms with E-state index in [1.165, 1.54) is 4.88 Å². The summed E-state index contributed by atoms with van der Waals surface area (Å²) in [6, 6.07) is -0.200. The molecule has 7 heteroatoms. The fourth-order valence-electron chi connectivity index (χ4n) is 1.81. The van der Waals surface area contributed by atoms with Crippen LogP contribution in [0.25, 0.3) is 0 Å². The van der Waals surface area contributed by atoms with E-state index in [1.807, 2.05) is 25.4 Å². The largest absolute Gasteiger partial charge is 0.330 e. The fourth-order valence-corrected chi connectivity index (χ4v) is 3.43. The van der Waals surface area contributed by atoms with Crippen LogP contribution in [-0.2, 0) is 13.0 Å². The lowest BCUT2D eigenvalue weighted by atomic mass is 10.3. The molecule has 2 heterocycles. The summed E-state index contributed by atoms with van der Waals surface area (Å²) in [6.45, 7) is 6.53. The van der Waals surface area contributed by atoms with Gasteiger partial charge in [0.15, 0.2) is 0 Å². The quantitative estimate of drug-likeness (QED) is 0.917. The molecule has 0 bridgehead atoms. The number of aryl methyl sites for hydroxylation is 2. The Morgan fingerprint density at radius 2 is 2.29 bits per heavy atom. The number of amides is 2. The van der Waals surface area contributed by atoms with E-state index < -0.39 is 0 Å². The second kappa shape index (κ2) is 7.00. The number of urea groups is 1. The minimum absolute atomic E-state index is 0.0904. The Labute approximate surface area is 133 Å². The van der Waals surface area contributed by atoms with Crippen molar-refractivity contribution >= 4 is 28.7 Å². The monoisotopic (exact) mass is 324 g/mol. The predicted octanol–water partition coefficient (Wildman–Crippen LogP) is 3.37. The number of hydrogen-bond acceptors (Lipinski definition) is 5. The smallest absolute Gasteiger partial charge is 0.318 e. The zero-order chi connectivity index (χ0) is 15.4. The average molecular weight is 324 g/mol. The molecule has 2 rings (SSSR count). The first-order chi connectivity index (χ1) is 9.99. The van der Waals surface area contributed by atoms with Crippen LogP contribution in [0, 0.1) is 6.92 Å². The van der Waals surface area contributed by atoms with Crippen molar-refractivity contribution in [2.24, 2.45) is 0 Å². The third kappa shape index (κ3) is 4.25. The van der Waals surface area contributed by atoms with Crippen molar-refractivity contribution in [1.82, 2.24) is 20.2 Å². The predicted molar refractivity (Wildman–Crippen MR) is 86.8 cm³/mol. The molecule has 21 heavy (non-hydrogen) atoms. The first kappa shape index (κ1) is 15.9. The van der Waals surface area contributed by atoms with Gasteiger partial charge in [0.25, 0.3) is 0 Å².